The molecule has 4 aromatic rings. The molecule has 0 saturated carbocycles. The molecule has 0 bridgehead atoms. The van der Waals surface area contributed by atoms with Crippen molar-refractivity contribution in [2.45, 2.75) is 13.5 Å². The molecule has 0 radical (unpaired) electrons. The molecule has 30 heavy (non-hydrogen) atoms. The highest BCUT2D eigenvalue weighted by atomic mass is 32.1. The van der Waals surface area contributed by atoms with Crippen LogP contribution in [0.1, 0.15) is 21.5 Å². The summed E-state index contributed by atoms with van der Waals surface area (Å²) in [7, 11) is 3.12. The fourth-order valence-electron chi connectivity index (χ4n) is 3.12. The molecule has 2 aromatic carbocycles. The molecule has 6 nitrogen and oxygen atoms in total. The van der Waals surface area contributed by atoms with Gasteiger partial charge in [0.05, 0.1) is 31.0 Å². The minimum Gasteiger partial charge on any atom is -0.497 e. The lowest BCUT2D eigenvalue weighted by atomic mass is 10.1. The second kappa shape index (κ2) is 8.51. The number of ether oxygens (including phenoxy) is 2. The van der Waals surface area contributed by atoms with Crippen molar-refractivity contribution in [1.82, 2.24) is 9.97 Å². The smallest absolute Gasteiger partial charge is 0.260 e. The molecule has 0 fully saturated rings. The summed E-state index contributed by atoms with van der Waals surface area (Å²) in [5.74, 6) is 0.921. The highest BCUT2D eigenvalue weighted by molar-refractivity contribution is 7.22. The van der Waals surface area contributed by atoms with Crippen molar-refractivity contribution in [1.29, 1.82) is 0 Å². The van der Waals surface area contributed by atoms with Crippen LogP contribution in [0.5, 0.6) is 11.5 Å². The van der Waals surface area contributed by atoms with Crippen LogP contribution in [0.25, 0.3) is 10.2 Å². The van der Waals surface area contributed by atoms with Gasteiger partial charge in [0.25, 0.3) is 5.91 Å². The zero-order valence-corrected chi connectivity index (χ0v) is 17.8. The molecule has 2 aromatic heterocycles. The van der Waals surface area contributed by atoms with Crippen LogP contribution < -0.4 is 14.4 Å². The van der Waals surface area contributed by atoms with Crippen LogP contribution in [0.2, 0.25) is 0 Å². The summed E-state index contributed by atoms with van der Waals surface area (Å²) in [6.45, 7) is 2.39. The third-order valence-electron chi connectivity index (χ3n) is 4.67. The van der Waals surface area contributed by atoms with Crippen molar-refractivity contribution < 1.29 is 14.3 Å². The number of benzene rings is 2. The van der Waals surface area contributed by atoms with Crippen LogP contribution in [0, 0.1) is 6.92 Å². The molecule has 0 unspecified atom stereocenters. The lowest BCUT2D eigenvalue weighted by Gasteiger charge is -2.20. The zero-order chi connectivity index (χ0) is 21.1. The van der Waals surface area contributed by atoms with Crippen molar-refractivity contribution >= 4 is 32.6 Å². The van der Waals surface area contributed by atoms with Gasteiger partial charge in [-0.1, -0.05) is 23.5 Å². The third kappa shape index (κ3) is 4.11. The maximum atomic E-state index is 13.6. The van der Waals surface area contributed by atoms with Crippen molar-refractivity contribution in [2.75, 3.05) is 19.1 Å². The van der Waals surface area contributed by atoms with Gasteiger partial charge >= 0.3 is 0 Å². The van der Waals surface area contributed by atoms with Crippen molar-refractivity contribution in [3.63, 3.8) is 0 Å². The number of pyridine rings is 1. The molecule has 152 valence electrons. The Balaban J connectivity index is 1.79. The number of nitrogens with zero attached hydrogens (tertiary/aromatic N) is 3. The zero-order valence-electron chi connectivity index (χ0n) is 17.0. The Hall–Kier alpha value is -3.45. The van der Waals surface area contributed by atoms with Gasteiger partial charge in [0.15, 0.2) is 5.13 Å². The van der Waals surface area contributed by atoms with E-state index in [-0.39, 0.29) is 5.91 Å². The number of hydrogen-bond donors (Lipinski definition) is 0. The first-order valence-corrected chi connectivity index (χ1v) is 10.2. The van der Waals surface area contributed by atoms with E-state index in [1.165, 1.54) is 11.3 Å². The van der Waals surface area contributed by atoms with E-state index in [4.69, 9.17) is 14.5 Å². The molecule has 0 aliphatic heterocycles. The molecule has 0 N–H and O–H groups in total. The van der Waals surface area contributed by atoms with E-state index in [1.807, 2.05) is 31.2 Å². The van der Waals surface area contributed by atoms with Crippen LogP contribution in [0.4, 0.5) is 5.13 Å². The molecule has 2 heterocycles. The van der Waals surface area contributed by atoms with Gasteiger partial charge in [-0.2, -0.15) is 0 Å². The number of rotatable bonds is 6. The molecule has 0 atom stereocenters. The Morgan fingerprint density at radius 2 is 1.83 bits per heavy atom. The Morgan fingerprint density at radius 3 is 2.50 bits per heavy atom. The first kappa shape index (κ1) is 19.8. The summed E-state index contributed by atoms with van der Waals surface area (Å²) in [5.41, 5.74) is 3.40. The van der Waals surface area contributed by atoms with Gasteiger partial charge < -0.3 is 9.47 Å². The summed E-state index contributed by atoms with van der Waals surface area (Å²) >= 11 is 1.49. The van der Waals surface area contributed by atoms with Crippen molar-refractivity contribution in [3.8, 4) is 11.5 Å². The third-order valence-corrected chi connectivity index (χ3v) is 5.71. The van der Waals surface area contributed by atoms with Crippen LogP contribution in [0.15, 0.2) is 60.9 Å². The Labute approximate surface area is 178 Å². The van der Waals surface area contributed by atoms with Crippen LogP contribution in [-0.2, 0) is 6.54 Å². The molecule has 0 spiro atoms. The van der Waals surface area contributed by atoms with E-state index < -0.39 is 0 Å². The van der Waals surface area contributed by atoms with Gasteiger partial charge in [-0.3, -0.25) is 14.7 Å². The Morgan fingerprint density at radius 1 is 1.07 bits per heavy atom. The molecule has 0 saturated heterocycles. The number of aryl methyl sites for hydroxylation is 1. The van der Waals surface area contributed by atoms with Gasteiger partial charge in [-0.05, 0) is 48.4 Å². The quantitative estimate of drug-likeness (QED) is 0.446. The Bertz CT molecular complexity index is 1170. The second-order valence-electron chi connectivity index (χ2n) is 6.82. The number of aromatic nitrogens is 2. The van der Waals surface area contributed by atoms with E-state index in [2.05, 4.69) is 11.1 Å². The fourth-order valence-corrected chi connectivity index (χ4v) is 4.18. The molecular formula is C23H21N3O3S. The first-order valence-electron chi connectivity index (χ1n) is 9.38. The normalized spacial score (nSPS) is 10.8. The van der Waals surface area contributed by atoms with Crippen LogP contribution in [-0.4, -0.2) is 30.1 Å². The Kier molecular flexibility index (Phi) is 5.63. The number of carbonyl (C=O) groups is 1. The molecular weight excluding hydrogens is 398 g/mol. The maximum Gasteiger partial charge on any atom is 0.260 e. The van der Waals surface area contributed by atoms with Gasteiger partial charge in [0.2, 0.25) is 0 Å². The molecule has 0 aliphatic rings. The predicted octanol–water partition coefficient (Wildman–Crippen LogP) is 4.86. The largest absolute Gasteiger partial charge is 0.497 e. The average molecular weight is 420 g/mol. The van der Waals surface area contributed by atoms with E-state index in [1.54, 1.807) is 49.7 Å². The molecule has 4 rings (SSSR count). The number of anilines is 1. The van der Waals surface area contributed by atoms with Crippen molar-refractivity contribution in [2.24, 2.45) is 0 Å². The van der Waals surface area contributed by atoms with Crippen LogP contribution >= 0.6 is 11.3 Å². The summed E-state index contributed by atoms with van der Waals surface area (Å²) in [6, 6.07) is 15.0. The highest BCUT2D eigenvalue weighted by Gasteiger charge is 2.23. The minimum absolute atomic E-state index is 0.188. The molecule has 0 aliphatic carbocycles. The number of thiazole rings is 1. The van der Waals surface area contributed by atoms with E-state index in [0.717, 1.165) is 21.3 Å². The molecule has 1 amide bonds. The molecule has 7 heteroatoms. The SMILES string of the molecule is COc1cc(OC)cc(C(=O)N(Cc2cccnc2)c2nc3ccc(C)cc3s2)c1. The van der Waals surface area contributed by atoms with Gasteiger partial charge in [0.1, 0.15) is 11.5 Å². The van der Waals surface area contributed by atoms with Gasteiger partial charge in [0, 0.05) is 24.0 Å². The highest BCUT2D eigenvalue weighted by Crippen LogP contribution is 2.32. The van der Waals surface area contributed by atoms with E-state index in [9.17, 15) is 4.79 Å². The van der Waals surface area contributed by atoms with Gasteiger partial charge in [-0.15, -0.1) is 0 Å². The van der Waals surface area contributed by atoms with Gasteiger partial charge in [-0.25, -0.2) is 4.98 Å². The summed E-state index contributed by atoms with van der Waals surface area (Å²) < 4.78 is 11.7. The second-order valence-corrected chi connectivity index (χ2v) is 7.83. The maximum absolute atomic E-state index is 13.6. The standard InChI is InChI=1S/C23H21N3O3S/c1-15-6-7-20-21(9-15)30-23(25-20)26(14-16-5-4-8-24-13-16)22(27)17-10-18(28-2)12-19(11-17)29-3/h4-13H,14H2,1-3H3. The number of fused-ring (bicyclic) bond motifs is 1. The lowest BCUT2D eigenvalue weighted by Crippen LogP contribution is -2.30. The van der Waals surface area contributed by atoms with Crippen LogP contribution in [0.3, 0.4) is 0 Å². The monoisotopic (exact) mass is 419 g/mol. The topological polar surface area (TPSA) is 64.6 Å². The minimum atomic E-state index is -0.188. The van der Waals surface area contributed by atoms with E-state index in [0.29, 0.717) is 28.7 Å². The van der Waals surface area contributed by atoms with E-state index >= 15 is 0 Å². The lowest BCUT2D eigenvalue weighted by molar-refractivity contribution is 0.0984. The average Bonchev–Trinajstić information content (AvgIpc) is 3.20. The van der Waals surface area contributed by atoms with Crippen molar-refractivity contribution in [3.05, 3.63) is 77.6 Å². The number of methoxy groups -OCH3 is 2. The number of carbonyl (C=O) groups excluding carboxylic acids is 1. The summed E-state index contributed by atoms with van der Waals surface area (Å²) in [5, 5.41) is 0.631. The first-order chi connectivity index (χ1) is 14.6. The predicted molar refractivity (Wildman–Crippen MR) is 119 cm³/mol. The fraction of sp³-hybridized carbons (Fsp3) is 0.174. The number of hydrogen-bond acceptors (Lipinski definition) is 6. The number of amides is 1. The summed E-state index contributed by atoms with van der Waals surface area (Å²) in [6.07, 6.45) is 3.47. The summed E-state index contributed by atoms with van der Waals surface area (Å²) in [4.78, 5) is 24.2.